The van der Waals surface area contributed by atoms with Crippen LogP contribution in [-0.2, 0) is 4.74 Å². The minimum absolute atomic E-state index is 0.577. The smallest absolute Gasteiger partial charge is 0.0672 e. The van der Waals surface area contributed by atoms with Gasteiger partial charge in [0.05, 0.1) is 12.2 Å². The summed E-state index contributed by atoms with van der Waals surface area (Å²) in [6.45, 7) is 0. The second kappa shape index (κ2) is 4.01. The molecule has 1 aliphatic carbocycles. The van der Waals surface area contributed by atoms with Gasteiger partial charge in [0.15, 0.2) is 0 Å². The first-order valence-electron chi connectivity index (χ1n) is 5.04. The molecule has 2 fully saturated rings. The molecule has 0 spiro atoms. The van der Waals surface area contributed by atoms with E-state index in [1.807, 2.05) is 11.8 Å². The van der Waals surface area contributed by atoms with E-state index in [2.05, 4.69) is 6.26 Å². The largest absolute Gasteiger partial charge is 0.374 e. The third kappa shape index (κ3) is 1.80. The van der Waals surface area contributed by atoms with Gasteiger partial charge in [0.1, 0.15) is 0 Å². The summed E-state index contributed by atoms with van der Waals surface area (Å²) in [4.78, 5) is 0. The van der Waals surface area contributed by atoms with Crippen LogP contribution in [0, 0.1) is 5.92 Å². The Morgan fingerprint density at radius 1 is 1.33 bits per heavy atom. The maximum absolute atomic E-state index is 5.98. The highest BCUT2D eigenvalue weighted by molar-refractivity contribution is 7.98. The van der Waals surface area contributed by atoms with Crippen molar-refractivity contribution >= 4 is 11.8 Å². The van der Waals surface area contributed by atoms with Gasteiger partial charge < -0.3 is 4.74 Å². The fraction of sp³-hybridized carbons (Fsp3) is 1.00. The molecule has 0 aromatic heterocycles. The molecule has 1 saturated carbocycles. The maximum Gasteiger partial charge on any atom is 0.0672 e. The normalized spacial score (nSPS) is 41.2. The molecule has 12 heavy (non-hydrogen) atoms. The zero-order chi connectivity index (χ0) is 8.39. The van der Waals surface area contributed by atoms with Crippen LogP contribution in [0.4, 0.5) is 0 Å². The summed E-state index contributed by atoms with van der Waals surface area (Å²) in [6.07, 6.45) is 10.3. The van der Waals surface area contributed by atoms with Gasteiger partial charge in [0.25, 0.3) is 0 Å². The standard InChI is InChI=1S/C10H18OS/c1-12-7-9-6-8-4-2-3-5-10(8)11-9/h8-10H,2-7H2,1H3/t8-,9+,10-/m0/s1. The average Bonchev–Trinajstić information content (AvgIpc) is 2.47. The van der Waals surface area contributed by atoms with E-state index in [0.717, 1.165) is 5.92 Å². The summed E-state index contributed by atoms with van der Waals surface area (Å²) in [5.41, 5.74) is 0. The van der Waals surface area contributed by atoms with E-state index < -0.39 is 0 Å². The number of hydrogen-bond donors (Lipinski definition) is 0. The van der Waals surface area contributed by atoms with Crippen LogP contribution in [0.15, 0.2) is 0 Å². The third-order valence-electron chi connectivity index (χ3n) is 3.12. The molecule has 1 aliphatic heterocycles. The van der Waals surface area contributed by atoms with E-state index >= 15 is 0 Å². The molecule has 0 amide bonds. The molecule has 2 heteroatoms. The van der Waals surface area contributed by atoms with Crippen LogP contribution >= 0.6 is 11.8 Å². The quantitative estimate of drug-likeness (QED) is 0.656. The van der Waals surface area contributed by atoms with Crippen molar-refractivity contribution in [2.75, 3.05) is 12.0 Å². The Kier molecular flexibility index (Phi) is 2.97. The fourth-order valence-electron chi connectivity index (χ4n) is 2.56. The van der Waals surface area contributed by atoms with Crippen molar-refractivity contribution in [1.82, 2.24) is 0 Å². The molecule has 2 rings (SSSR count). The molecule has 1 saturated heterocycles. The monoisotopic (exact) mass is 186 g/mol. The van der Waals surface area contributed by atoms with Gasteiger partial charge in [-0.3, -0.25) is 0 Å². The lowest BCUT2D eigenvalue weighted by Gasteiger charge is -2.23. The summed E-state index contributed by atoms with van der Waals surface area (Å²) in [5.74, 6) is 2.11. The molecule has 70 valence electrons. The molecular formula is C10H18OS. The molecule has 0 aromatic rings. The van der Waals surface area contributed by atoms with Crippen LogP contribution in [0.1, 0.15) is 32.1 Å². The SMILES string of the molecule is CSC[C@H]1C[C@@H]2CCCC[C@@H]2O1. The van der Waals surface area contributed by atoms with Gasteiger partial charge in [-0.2, -0.15) is 11.8 Å². The number of ether oxygens (including phenoxy) is 1. The topological polar surface area (TPSA) is 9.23 Å². The van der Waals surface area contributed by atoms with E-state index in [1.165, 1.54) is 37.9 Å². The molecule has 0 unspecified atom stereocenters. The Labute approximate surface area is 79.2 Å². The summed E-state index contributed by atoms with van der Waals surface area (Å²) in [7, 11) is 0. The van der Waals surface area contributed by atoms with E-state index in [9.17, 15) is 0 Å². The van der Waals surface area contributed by atoms with Crippen LogP contribution in [0.2, 0.25) is 0 Å². The predicted octanol–water partition coefficient (Wildman–Crippen LogP) is 2.70. The zero-order valence-corrected chi connectivity index (χ0v) is 8.61. The van der Waals surface area contributed by atoms with Gasteiger partial charge in [-0.15, -0.1) is 0 Å². The number of rotatable bonds is 2. The molecule has 0 bridgehead atoms. The summed E-state index contributed by atoms with van der Waals surface area (Å²) < 4.78 is 5.98. The van der Waals surface area contributed by atoms with Gasteiger partial charge in [0, 0.05) is 5.75 Å². The maximum atomic E-state index is 5.98. The van der Waals surface area contributed by atoms with Crippen molar-refractivity contribution in [2.45, 2.75) is 44.3 Å². The second-order valence-corrected chi connectivity index (χ2v) is 4.94. The Bertz CT molecular complexity index is 135. The minimum Gasteiger partial charge on any atom is -0.374 e. The van der Waals surface area contributed by atoms with Crippen molar-refractivity contribution in [1.29, 1.82) is 0 Å². The van der Waals surface area contributed by atoms with Crippen LogP contribution in [-0.4, -0.2) is 24.2 Å². The highest BCUT2D eigenvalue weighted by Gasteiger charge is 2.35. The molecule has 3 atom stereocenters. The zero-order valence-electron chi connectivity index (χ0n) is 7.79. The first-order chi connectivity index (χ1) is 5.90. The minimum atomic E-state index is 0.577. The number of hydrogen-bond acceptors (Lipinski definition) is 2. The highest BCUT2D eigenvalue weighted by atomic mass is 32.2. The Morgan fingerprint density at radius 2 is 2.17 bits per heavy atom. The average molecular weight is 186 g/mol. The third-order valence-corrected chi connectivity index (χ3v) is 3.83. The molecule has 2 aliphatic rings. The first kappa shape index (κ1) is 8.89. The summed E-state index contributed by atoms with van der Waals surface area (Å²) in [6, 6.07) is 0. The van der Waals surface area contributed by atoms with Crippen LogP contribution in [0.25, 0.3) is 0 Å². The van der Waals surface area contributed by atoms with Crippen LogP contribution < -0.4 is 0 Å². The number of fused-ring (bicyclic) bond motifs is 1. The number of thioether (sulfide) groups is 1. The lowest BCUT2D eigenvalue weighted by Crippen LogP contribution is -2.20. The highest BCUT2D eigenvalue weighted by Crippen LogP contribution is 2.37. The van der Waals surface area contributed by atoms with Crippen molar-refractivity contribution in [3.63, 3.8) is 0 Å². The van der Waals surface area contributed by atoms with Gasteiger partial charge in [-0.1, -0.05) is 12.8 Å². The van der Waals surface area contributed by atoms with Crippen molar-refractivity contribution < 1.29 is 4.74 Å². The van der Waals surface area contributed by atoms with Crippen molar-refractivity contribution in [3.8, 4) is 0 Å². The lowest BCUT2D eigenvalue weighted by atomic mass is 9.86. The molecular weight excluding hydrogens is 168 g/mol. The Balaban J connectivity index is 1.85. The first-order valence-corrected chi connectivity index (χ1v) is 6.44. The van der Waals surface area contributed by atoms with E-state index in [-0.39, 0.29) is 0 Å². The summed E-state index contributed by atoms with van der Waals surface area (Å²) in [5, 5.41) is 0. The lowest BCUT2D eigenvalue weighted by molar-refractivity contribution is 0.0291. The molecule has 0 N–H and O–H groups in total. The fourth-order valence-corrected chi connectivity index (χ4v) is 3.14. The van der Waals surface area contributed by atoms with Crippen molar-refractivity contribution in [2.24, 2.45) is 5.92 Å². The van der Waals surface area contributed by atoms with Gasteiger partial charge >= 0.3 is 0 Å². The Hall–Kier alpha value is 0.310. The van der Waals surface area contributed by atoms with Gasteiger partial charge in [-0.05, 0) is 31.4 Å². The predicted molar refractivity (Wildman–Crippen MR) is 53.6 cm³/mol. The Morgan fingerprint density at radius 3 is 2.92 bits per heavy atom. The molecule has 1 nitrogen and oxygen atoms in total. The van der Waals surface area contributed by atoms with Gasteiger partial charge in [-0.25, -0.2) is 0 Å². The van der Waals surface area contributed by atoms with E-state index in [1.54, 1.807) is 0 Å². The molecule has 1 heterocycles. The summed E-state index contributed by atoms with van der Waals surface area (Å²) >= 11 is 1.92. The van der Waals surface area contributed by atoms with Crippen molar-refractivity contribution in [3.05, 3.63) is 0 Å². The van der Waals surface area contributed by atoms with Gasteiger partial charge in [0.2, 0.25) is 0 Å². The van der Waals surface area contributed by atoms with Crippen LogP contribution in [0.3, 0.4) is 0 Å². The van der Waals surface area contributed by atoms with Crippen LogP contribution in [0.5, 0.6) is 0 Å². The molecule has 0 aromatic carbocycles. The molecule has 0 radical (unpaired) electrons. The second-order valence-electron chi connectivity index (χ2n) is 4.03. The van der Waals surface area contributed by atoms with E-state index in [0.29, 0.717) is 12.2 Å². The van der Waals surface area contributed by atoms with E-state index in [4.69, 9.17) is 4.74 Å².